The molecule has 0 aliphatic heterocycles. The van der Waals surface area contributed by atoms with Crippen molar-refractivity contribution in [3.05, 3.63) is 68.7 Å². The molecule has 0 unspecified atom stereocenters. The van der Waals surface area contributed by atoms with Gasteiger partial charge in [0.05, 0.1) is 4.92 Å². The zero-order chi connectivity index (χ0) is 18.0. The molecule has 1 amide bonds. The molecule has 2 aromatic carbocycles. The van der Waals surface area contributed by atoms with Crippen LogP contribution in [0.15, 0.2) is 42.5 Å². The molecule has 0 radical (unpaired) electrons. The number of benzene rings is 2. The van der Waals surface area contributed by atoms with Crippen LogP contribution < -0.4 is 5.32 Å². The molecule has 1 N–H and O–H groups in total. The predicted octanol–water partition coefficient (Wildman–Crippen LogP) is 4.09. The maximum Gasteiger partial charge on any atom is 0.293 e. The number of carbonyl (C=O) groups is 1. The van der Waals surface area contributed by atoms with E-state index in [0.29, 0.717) is 28.9 Å². The van der Waals surface area contributed by atoms with Crippen LogP contribution in [0.2, 0.25) is 5.02 Å². The van der Waals surface area contributed by atoms with E-state index in [1.54, 1.807) is 31.3 Å². The highest BCUT2D eigenvalue weighted by atomic mass is 35.5. The molecule has 2 aromatic rings. The van der Waals surface area contributed by atoms with E-state index in [1.165, 1.54) is 11.0 Å². The first-order chi connectivity index (χ1) is 11.9. The summed E-state index contributed by atoms with van der Waals surface area (Å²) in [6, 6.07) is 12.1. The first-order valence-corrected chi connectivity index (χ1v) is 8.37. The number of rotatable bonds is 6. The highest BCUT2D eigenvalue weighted by Gasteiger charge is 2.26. The van der Waals surface area contributed by atoms with Crippen molar-refractivity contribution in [3.8, 4) is 0 Å². The fraction of sp³-hybridized carbons (Fsp3) is 0.278. The van der Waals surface area contributed by atoms with Crippen LogP contribution >= 0.6 is 11.6 Å². The molecule has 6 nitrogen and oxygen atoms in total. The Balaban J connectivity index is 1.77. The van der Waals surface area contributed by atoms with Crippen LogP contribution in [0.1, 0.15) is 28.8 Å². The highest BCUT2D eigenvalue weighted by molar-refractivity contribution is 6.30. The largest absolute Gasteiger partial charge is 0.377 e. The van der Waals surface area contributed by atoms with Gasteiger partial charge in [-0.05, 0) is 42.7 Å². The van der Waals surface area contributed by atoms with Crippen LogP contribution in [0.25, 0.3) is 0 Å². The molecule has 25 heavy (non-hydrogen) atoms. The smallest absolute Gasteiger partial charge is 0.293 e. The van der Waals surface area contributed by atoms with Crippen molar-refractivity contribution in [2.75, 3.05) is 12.4 Å². The van der Waals surface area contributed by atoms with Crippen LogP contribution in [0.5, 0.6) is 0 Å². The van der Waals surface area contributed by atoms with E-state index < -0.39 is 4.92 Å². The standard InChI is InChI=1S/C18H18ClN3O3/c1-21(11-12-2-5-14(19)6-3-12)18(23)13-4-9-16(20-15-7-8-15)17(10-13)22(24)25/h2-6,9-10,15,20H,7-8,11H2,1H3. The quantitative estimate of drug-likeness (QED) is 0.622. The van der Waals surface area contributed by atoms with Gasteiger partial charge in [0.1, 0.15) is 5.69 Å². The number of carbonyl (C=O) groups excluding carboxylic acids is 1. The third-order valence-corrected chi connectivity index (χ3v) is 4.31. The van der Waals surface area contributed by atoms with Gasteiger partial charge in [-0.2, -0.15) is 0 Å². The van der Waals surface area contributed by atoms with Crippen molar-refractivity contribution in [3.63, 3.8) is 0 Å². The minimum Gasteiger partial charge on any atom is -0.377 e. The molecular weight excluding hydrogens is 342 g/mol. The van der Waals surface area contributed by atoms with Gasteiger partial charge in [0.15, 0.2) is 0 Å². The molecule has 0 heterocycles. The van der Waals surface area contributed by atoms with E-state index in [1.807, 2.05) is 12.1 Å². The van der Waals surface area contributed by atoms with Crippen molar-refractivity contribution in [1.29, 1.82) is 0 Å². The lowest BCUT2D eigenvalue weighted by Crippen LogP contribution is -2.26. The second-order valence-corrected chi connectivity index (χ2v) is 6.63. The van der Waals surface area contributed by atoms with Gasteiger partial charge in [-0.25, -0.2) is 0 Å². The Hall–Kier alpha value is -2.60. The number of halogens is 1. The highest BCUT2D eigenvalue weighted by Crippen LogP contribution is 2.31. The van der Waals surface area contributed by atoms with E-state index >= 15 is 0 Å². The van der Waals surface area contributed by atoms with Crippen molar-refractivity contribution >= 4 is 28.9 Å². The summed E-state index contributed by atoms with van der Waals surface area (Å²) in [4.78, 5) is 25.0. The van der Waals surface area contributed by atoms with Gasteiger partial charge in [0, 0.05) is 36.3 Å². The molecule has 0 aromatic heterocycles. The molecule has 0 bridgehead atoms. The number of hydrogen-bond donors (Lipinski definition) is 1. The molecule has 130 valence electrons. The lowest BCUT2D eigenvalue weighted by Gasteiger charge is -2.18. The van der Waals surface area contributed by atoms with Crippen LogP contribution in [0.3, 0.4) is 0 Å². The molecule has 1 saturated carbocycles. The third-order valence-electron chi connectivity index (χ3n) is 4.06. The number of hydrogen-bond acceptors (Lipinski definition) is 4. The van der Waals surface area contributed by atoms with E-state index in [9.17, 15) is 14.9 Å². The van der Waals surface area contributed by atoms with Crippen LogP contribution in [-0.2, 0) is 6.54 Å². The lowest BCUT2D eigenvalue weighted by molar-refractivity contribution is -0.384. The van der Waals surface area contributed by atoms with Crippen molar-refractivity contribution < 1.29 is 9.72 Å². The molecule has 7 heteroatoms. The Labute approximate surface area is 150 Å². The number of nitrogens with one attached hydrogen (secondary N) is 1. The summed E-state index contributed by atoms with van der Waals surface area (Å²) in [6.45, 7) is 0.395. The predicted molar refractivity (Wildman–Crippen MR) is 97.0 cm³/mol. The fourth-order valence-corrected chi connectivity index (χ4v) is 2.67. The number of anilines is 1. The van der Waals surface area contributed by atoms with E-state index in [-0.39, 0.29) is 11.6 Å². The Bertz CT molecular complexity index is 804. The molecule has 1 fully saturated rings. The third kappa shape index (κ3) is 4.28. The maximum atomic E-state index is 12.6. The summed E-state index contributed by atoms with van der Waals surface area (Å²) in [7, 11) is 1.67. The molecule has 1 aliphatic rings. The zero-order valence-corrected chi connectivity index (χ0v) is 14.5. The Morgan fingerprint density at radius 3 is 2.56 bits per heavy atom. The summed E-state index contributed by atoms with van der Waals surface area (Å²) in [5.41, 5.74) is 1.62. The van der Waals surface area contributed by atoms with Gasteiger partial charge in [-0.3, -0.25) is 14.9 Å². The zero-order valence-electron chi connectivity index (χ0n) is 13.7. The van der Waals surface area contributed by atoms with Crippen LogP contribution in [-0.4, -0.2) is 28.8 Å². The molecule has 0 atom stereocenters. The molecule has 0 spiro atoms. The second kappa shape index (κ2) is 7.11. The second-order valence-electron chi connectivity index (χ2n) is 6.20. The molecular formula is C18H18ClN3O3. The summed E-state index contributed by atoms with van der Waals surface area (Å²) in [6.07, 6.45) is 2.03. The van der Waals surface area contributed by atoms with Crippen molar-refractivity contribution in [2.24, 2.45) is 0 Å². The average molecular weight is 360 g/mol. The van der Waals surface area contributed by atoms with Gasteiger partial charge >= 0.3 is 0 Å². The molecule has 0 saturated heterocycles. The van der Waals surface area contributed by atoms with Gasteiger partial charge in [0.2, 0.25) is 0 Å². The number of amides is 1. The summed E-state index contributed by atoms with van der Waals surface area (Å²) >= 11 is 5.86. The van der Waals surface area contributed by atoms with Gasteiger partial charge in [0.25, 0.3) is 11.6 Å². The summed E-state index contributed by atoms with van der Waals surface area (Å²) in [5, 5.41) is 15.1. The van der Waals surface area contributed by atoms with Crippen LogP contribution in [0, 0.1) is 10.1 Å². The van der Waals surface area contributed by atoms with Gasteiger partial charge in [-0.15, -0.1) is 0 Å². The maximum absolute atomic E-state index is 12.6. The lowest BCUT2D eigenvalue weighted by atomic mass is 10.1. The number of nitrogens with zero attached hydrogens (tertiary/aromatic N) is 2. The van der Waals surface area contributed by atoms with E-state index in [4.69, 9.17) is 11.6 Å². The SMILES string of the molecule is CN(Cc1ccc(Cl)cc1)C(=O)c1ccc(NC2CC2)c([N+](=O)[O-])c1. The minimum atomic E-state index is -0.458. The number of nitro benzene ring substituents is 1. The molecule has 3 rings (SSSR count). The monoisotopic (exact) mass is 359 g/mol. The van der Waals surface area contributed by atoms with Crippen LogP contribution in [0.4, 0.5) is 11.4 Å². The minimum absolute atomic E-state index is 0.0716. The topological polar surface area (TPSA) is 75.5 Å². The normalized spacial score (nSPS) is 13.4. The summed E-state index contributed by atoms with van der Waals surface area (Å²) in [5.74, 6) is -0.268. The average Bonchev–Trinajstić information content (AvgIpc) is 3.40. The first kappa shape index (κ1) is 17.2. The van der Waals surface area contributed by atoms with E-state index in [2.05, 4.69) is 5.32 Å². The Morgan fingerprint density at radius 1 is 1.28 bits per heavy atom. The molecule has 1 aliphatic carbocycles. The summed E-state index contributed by atoms with van der Waals surface area (Å²) < 4.78 is 0. The number of nitro groups is 1. The van der Waals surface area contributed by atoms with E-state index in [0.717, 1.165) is 18.4 Å². The fourth-order valence-electron chi connectivity index (χ4n) is 2.54. The van der Waals surface area contributed by atoms with Crippen molar-refractivity contribution in [2.45, 2.75) is 25.4 Å². The van der Waals surface area contributed by atoms with Crippen molar-refractivity contribution in [1.82, 2.24) is 4.90 Å². The van der Waals surface area contributed by atoms with Gasteiger partial charge < -0.3 is 10.2 Å². The first-order valence-electron chi connectivity index (χ1n) is 7.99. The Kier molecular flexibility index (Phi) is 4.90. The van der Waals surface area contributed by atoms with Gasteiger partial charge in [-0.1, -0.05) is 23.7 Å². The Morgan fingerprint density at radius 2 is 1.96 bits per heavy atom.